The largest absolute Gasteiger partial charge is 0.497 e. The number of carbonyl (C=O) groups excluding carboxylic acids is 1. The molecule has 2 aromatic rings. The molecule has 2 unspecified atom stereocenters. The highest BCUT2D eigenvalue weighted by atomic mass is 19.4. The average Bonchev–Trinajstić information content (AvgIpc) is 3.13. The van der Waals surface area contributed by atoms with Gasteiger partial charge < -0.3 is 14.6 Å². The number of allylic oxidation sites excluding steroid dienone is 3. The number of alkyl halides is 3. The van der Waals surface area contributed by atoms with Crippen molar-refractivity contribution >= 4 is 5.78 Å². The van der Waals surface area contributed by atoms with Crippen LogP contribution in [0.5, 0.6) is 5.75 Å². The van der Waals surface area contributed by atoms with Crippen LogP contribution in [0.3, 0.4) is 0 Å². The van der Waals surface area contributed by atoms with E-state index in [0.717, 1.165) is 48.3 Å². The van der Waals surface area contributed by atoms with Crippen molar-refractivity contribution in [2.75, 3.05) is 13.7 Å². The van der Waals surface area contributed by atoms with Gasteiger partial charge in [0.2, 0.25) is 0 Å². The van der Waals surface area contributed by atoms with E-state index in [1.54, 1.807) is 13.2 Å². The maximum atomic E-state index is 13.0. The van der Waals surface area contributed by atoms with Crippen LogP contribution in [-0.2, 0) is 15.7 Å². The number of carbonyl (C=O) groups is 1. The Morgan fingerprint density at radius 3 is 2.44 bits per heavy atom. The van der Waals surface area contributed by atoms with Gasteiger partial charge in [-0.1, -0.05) is 30.9 Å². The Labute approximate surface area is 238 Å². The molecule has 4 nitrogen and oxygen atoms in total. The number of benzene rings is 2. The molecule has 1 aliphatic heterocycles. The first-order valence-electron chi connectivity index (χ1n) is 14.2. The molecule has 1 N–H and O–H groups in total. The molecule has 4 aliphatic rings. The topological polar surface area (TPSA) is 55.8 Å². The molecule has 1 saturated carbocycles. The van der Waals surface area contributed by atoms with E-state index in [9.17, 15) is 23.1 Å². The second kappa shape index (κ2) is 10.2. The van der Waals surface area contributed by atoms with Crippen LogP contribution in [-0.4, -0.2) is 30.2 Å². The highest BCUT2D eigenvalue weighted by Gasteiger charge is 2.61. The first-order valence-corrected chi connectivity index (χ1v) is 14.2. The van der Waals surface area contributed by atoms with Gasteiger partial charge in [-0.15, -0.1) is 0 Å². The Hall–Kier alpha value is -3.34. The fourth-order valence-corrected chi connectivity index (χ4v) is 7.45. The summed E-state index contributed by atoms with van der Waals surface area (Å²) in [5, 5.41) is 12.1. The van der Waals surface area contributed by atoms with Crippen LogP contribution in [0.4, 0.5) is 13.2 Å². The molecule has 2 fully saturated rings. The predicted molar refractivity (Wildman–Crippen MR) is 148 cm³/mol. The Balaban J connectivity index is 1.40. The number of hydrogen-bond donors (Lipinski definition) is 1. The van der Waals surface area contributed by atoms with E-state index >= 15 is 0 Å². The Bertz CT molecular complexity index is 1480. The third kappa shape index (κ3) is 4.81. The summed E-state index contributed by atoms with van der Waals surface area (Å²) in [6.07, 6.45) is 1.11. The van der Waals surface area contributed by atoms with Gasteiger partial charge in [0.1, 0.15) is 17.5 Å². The van der Waals surface area contributed by atoms with Crippen molar-refractivity contribution in [2.24, 2.45) is 17.3 Å². The van der Waals surface area contributed by atoms with Crippen LogP contribution in [0.25, 0.3) is 0 Å². The lowest BCUT2D eigenvalue weighted by Gasteiger charge is -2.42. The van der Waals surface area contributed by atoms with Gasteiger partial charge >= 0.3 is 6.18 Å². The molecule has 0 aromatic heterocycles. The molecule has 0 spiro atoms. The molecule has 6 rings (SSSR count). The molecule has 0 bridgehead atoms. The van der Waals surface area contributed by atoms with Crippen molar-refractivity contribution in [1.29, 1.82) is 0 Å². The fraction of sp³-hybridized carbons (Fsp3) is 0.441. The van der Waals surface area contributed by atoms with Crippen molar-refractivity contribution in [2.45, 2.75) is 63.3 Å². The highest BCUT2D eigenvalue weighted by molar-refractivity contribution is 5.93. The Morgan fingerprint density at radius 1 is 1.02 bits per heavy atom. The van der Waals surface area contributed by atoms with Crippen LogP contribution in [0.1, 0.15) is 68.2 Å². The molecule has 41 heavy (non-hydrogen) atoms. The molecule has 5 atom stereocenters. The summed E-state index contributed by atoms with van der Waals surface area (Å²) >= 11 is 0. The van der Waals surface area contributed by atoms with Crippen molar-refractivity contribution in [3.05, 3.63) is 88.0 Å². The van der Waals surface area contributed by atoms with Crippen LogP contribution in [0.15, 0.2) is 71.3 Å². The Morgan fingerprint density at radius 2 is 1.76 bits per heavy atom. The number of fused-ring (bicyclic) bond motifs is 4. The second-order valence-electron chi connectivity index (χ2n) is 11.9. The molecule has 214 valence electrons. The highest BCUT2D eigenvalue weighted by Crippen LogP contribution is 2.61. The number of hydrogen-bond acceptors (Lipinski definition) is 4. The summed E-state index contributed by atoms with van der Waals surface area (Å²) in [4.78, 5) is 12.3. The molecular formula is C34H33F3O4. The molecule has 7 heteroatoms. The number of halogens is 3. The Kier molecular flexibility index (Phi) is 6.91. The van der Waals surface area contributed by atoms with Crippen LogP contribution in [0, 0.1) is 29.1 Å². The minimum atomic E-state index is -4.42. The zero-order chi connectivity index (χ0) is 29.0. The van der Waals surface area contributed by atoms with Gasteiger partial charge in [-0.25, -0.2) is 0 Å². The molecule has 3 aliphatic carbocycles. The number of ether oxygens (including phenoxy) is 2. The summed E-state index contributed by atoms with van der Waals surface area (Å²) in [7, 11) is 1.63. The third-order valence-electron chi connectivity index (χ3n) is 9.76. The minimum Gasteiger partial charge on any atom is -0.497 e. The van der Waals surface area contributed by atoms with Gasteiger partial charge in [-0.05, 0) is 109 Å². The van der Waals surface area contributed by atoms with Crippen molar-refractivity contribution in [3.8, 4) is 17.6 Å². The van der Waals surface area contributed by atoms with E-state index in [4.69, 9.17) is 9.47 Å². The maximum absolute atomic E-state index is 13.0. The molecular weight excluding hydrogens is 529 g/mol. The monoisotopic (exact) mass is 562 g/mol. The van der Waals surface area contributed by atoms with Crippen molar-refractivity contribution < 1.29 is 32.5 Å². The molecule has 0 radical (unpaired) electrons. The standard InChI is InChI=1S/C34H33F3O4/c1-32-20-41-31(22-5-11-26(40-2)12-6-22)30-27-14-10-25(38)19-23(27)7-13-28(30)29(32)16-18-33(32,39)17-15-21-3-8-24(9-4-21)34(35,36)37/h3-6,8-9,11-12,19,28-29,31,39H,7,10,13-14,16,18,20H2,1-2H3/t28?,29?,31-,32-,33-/m0/s1. The molecule has 1 saturated heterocycles. The van der Waals surface area contributed by atoms with Gasteiger partial charge in [0.25, 0.3) is 0 Å². The number of methoxy groups -OCH3 is 1. The first-order chi connectivity index (χ1) is 19.5. The SMILES string of the molecule is COc1ccc([C@@H]2OC[C@@]3(C)C(CC[C@@]3(O)C#Cc3ccc(C(F)(F)F)cc3)C3CCC4=CC(=O)CCC4=C32)cc1. The van der Waals surface area contributed by atoms with Gasteiger partial charge in [0.15, 0.2) is 5.78 Å². The number of ketones is 1. The average molecular weight is 563 g/mol. The van der Waals surface area contributed by atoms with Crippen LogP contribution >= 0.6 is 0 Å². The predicted octanol–water partition coefficient (Wildman–Crippen LogP) is 6.98. The van der Waals surface area contributed by atoms with Gasteiger partial charge in [0, 0.05) is 17.4 Å². The van der Waals surface area contributed by atoms with E-state index < -0.39 is 22.8 Å². The summed E-state index contributed by atoms with van der Waals surface area (Å²) in [5.41, 5.74) is 2.16. The zero-order valence-corrected chi connectivity index (χ0v) is 23.2. The lowest BCUT2D eigenvalue weighted by molar-refractivity contribution is -0.137. The first kappa shape index (κ1) is 27.8. The van der Waals surface area contributed by atoms with E-state index in [1.807, 2.05) is 31.2 Å². The van der Waals surface area contributed by atoms with Gasteiger partial charge in [-0.2, -0.15) is 13.2 Å². The smallest absolute Gasteiger partial charge is 0.416 e. The quantitative estimate of drug-likeness (QED) is 0.402. The van der Waals surface area contributed by atoms with Crippen LogP contribution in [0.2, 0.25) is 0 Å². The van der Waals surface area contributed by atoms with Gasteiger partial charge in [-0.3, -0.25) is 4.79 Å². The number of aliphatic hydroxyl groups is 1. The van der Waals surface area contributed by atoms with Crippen LogP contribution < -0.4 is 4.74 Å². The summed E-state index contributed by atoms with van der Waals surface area (Å²) in [6.45, 7) is 2.32. The second-order valence-corrected chi connectivity index (χ2v) is 11.9. The molecule has 0 amide bonds. The number of rotatable bonds is 2. The van der Waals surface area contributed by atoms with Gasteiger partial charge in [0.05, 0.1) is 19.3 Å². The zero-order valence-electron chi connectivity index (χ0n) is 23.2. The molecule has 2 aromatic carbocycles. The lowest BCUT2D eigenvalue weighted by atomic mass is 9.61. The fourth-order valence-electron chi connectivity index (χ4n) is 7.45. The normalized spacial score (nSPS) is 31.2. The van der Waals surface area contributed by atoms with E-state index in [-0.39, 0.29) is 30.3 Å². The van der Waals surface area contributed by atoms with Crippen molar-refractivity contribution in [1.82, 2.24) is 0 Å². The summed E-state index contributed by atoms with van der Waals surface area (Å²) in [5.74, 6) is 7.21. The molecule has 1 heterocycles. The third-order valence-corrected chi connectivity index (χ3v) is 9.76. The summed E-state index contributed by atoms with van der Waals surface area (Å²) in [6, 6.07) is 12.6. The van der Waals surface area contributed by atoms with Crippen molar-refractivity contribution in [3.63, 3.8) is 0 Å². The minimum absolute atomic E-state index is 0.0966. The van der Waals surface area contributed by atoms with E-state index in [0.29, 0.717) is 24.8 Å². The van der Waals surface area contributed by atoms with E-state index in [2.05, 4.69) is 11.8 Å². The maximum Gasteiger partial charge on any atom is 0.416 e. The van der Waals surface area contributed by atoms with E-state index in [1.165, 1.54) is 23.3 Å². The summed E-state index contributed by atoms with van der Waals surface area (Å²) < 4.78 is 51.2. The lowest BCUT2D eigenvalue weighted by Crippen LogP contribution is -2.48.